The zero-order valence-corrected chi connectivity index (χ0v) is 9.11. The number of nitro benzene ring substituents is 1. The molecule has 0 bridgehead atoms. The van der Waals surface area contributed by atoms with Crippen LogP contribution in [0.5, 0.6) is 0 Å². The highest BCUT2D eigenvalue weighted by molar-refractivity contribution is 5.94. The predicted molar refractivity (Wildman–Crippen MR) is 56.4 cm³/mol. The molecule has 0 aliphatic carbocycles. The van der Waals surface area contributed by atoms with Crippen molar-refractivity contribution in [2.75, 3.05) is 5.32 Å². The SMILES string of the molecule is CC(C#N)C(=O)Nc1cc([N+](=O)[O-])c(F)cc1F. The summed E-state index contributed by atoms with van der Waals surface area (Å²) in [6.07, 6.45) is 0. The fourth-order valence-electron chi connectivity index (χ4n) is 1.07. The molecule has 18 heavy (non-hydrogen) atoms. The van der Waals surface area contributed by atoms with Gasteiger partial charge in [-0.3, -0.25) is 14.9 Å². The van der Waals surface area contributed by atoms with Gasteiger partial charge in [0.2, 0.25) is 11.7 Å². The Morgan fingerprint density at radius 1 is 1.50 bits per heavy atom. The van der Waals surface area contributed by atoms with Crippen LogP contribution in [-0.4, -0.2) is 10.8 Å². The number of nitrogens with zero attached hydrogens (tertiary/aromatic N) is 2. The average Bonchev–Trinajstić information content (AvgIpc) is 2.30. The summed E-state index contributed by atoms with van der Waals surface area (Å²) in [7, 11) is 0. The Bertz CT molecular complexity index is 554. The summed E-state index contributed by atoms with van der Waals surface area (Å²) in [5.74, 6) is -4.40. The lowest BCUT2D eigenvalue weighted by molar-refractivity contribution is -0.387. The highest BCUT2D eigenvalue weighted by atomic mass is 19.1. The van der Waals surface area contributed by atoms with Crippen molar-refractivity contribution in [3.8, 4) is 6.07 Å². The van der Waals surface area contributed by atoms with Gasteiger partial charge in [0, 0.05) is 12.1 Å². The van der Waals surface area contributed by atoms with Crippen LogP contribution in [0.15, 0.2) is 12.1 Å². The van der Waals surface area contributed by atoms with E-state index >= 15 is 0 Å². The molecule has 1 rings (SSSR count). The van der Waals surface area contributed by atoms with Gasteiger partial charge >= 0.3 is 5.69 Å². The van der Waals surface area contributed by atoms with E-state index in [0.29, 0.717) is 12.1 Å². The van der Waals surface area contributed by atoms with Crippen LogP contribution in [-0.2, 0) is 4.79 Å². The van der Waals surface area contributed by atoms with Crippen LogP contribution >= 0.6 is 0 Å². The Kier molecular flexibility index (Phi) is 3.89. The second kappa shape index (κ2) is 5.18. The van der Waals surface area contributed by atoms with E-state index in [1.807, 2.05) is 5.32 Å². The van der Waals surface area contributed by atoms with Crippen molar-refractivity contribution in [2.24, 2.45) is 5.92 Å². The van der Waals surface area contributed by atoms with Gasteiger partial charge in [0.15, 0.2) is 0 Å². The van der Waals surface area contributed by atoms with Gasteiger partial charge in [-0.15, -0.1) is 0 Å². The molecule has 0 fully saturated rings. The van der Waals surface area contributed by atoms with Gasteiger partial charge in [0.1, 0.15) is 11.7 Å². The smallest absolute Gasteiger partial charge is 0.307 e. The highest BCUT2D eigenvalue weighted by Crippen LogP contribution is 2.25. The molecule has 1 aromatic rings. The number of amides is 1. The molecule has 0 saturated heterocycles. The first-order valence-electron chi connectivity index (χ1n) is 4.70. The van der Waals surface area contributed by atoms with Gasteiger partial charge < -0.3 is 5.32 Å². The lowest BCUT2D eigenvalue weighted by Crippen LogP contribution is -2.19. The summed E-state index contributed by atoms with van der Waals surface area (Å²) in [4.78, 5) is 20.7. The van der Waals surface area contributed by atoms with Crippen molar-refractivity contribution < 1.29 is 18.5 Å². The molecule has 0 aromatic heterocycles. The van der Waals surface area contributed by atoms with E-state index < -0.39 is 39.8 Å². The van der Waals surface area contributed by atoms with Crippen molar-refractivity contribution >= 4 is 17.3 Å². The number of nitrogens with one attached hydrogen (secondary N) is 1. The van der Waals surface area contributed by atoms with Gasteiger partial charge in [-0.1, -0.05) is 0 Å². The van der Waals surface area contributed by atoms with E-state index in [1.165, 1.54) is 6.92 Å². The van der Waals surface area contributed by atoms with Crippen LogP contribution in [0.2, 0.25) is 0 Å². The molecule has 1 N–H and O–H groups in total. The number of rotatable bonds is 3. The third-order valence-corrected chi connectivity index (χ3v) is 2.08. The predicted octanol–water partition coefficient (Wildman–Crippen LogP) is 1.97. The van der Waals surface area contributed by atoms with E-state index in [2.05, 4.69) is 0 Å². The molecule has 0 saturated carbocycles. The van der Waals surface area contributed by atoms with Crippen molar-refractivity contribution in [3.63, 3.8) is 0 Å². The van der Waals surface area contributed by atoms with Crippen LogP contribution in [0.4, 0.5) is 20.2 Å². The quantitative estimate of drug-likeness (QED) is 0.659. The average molecular weight is 255 g/mol. The Hall–Kier alpha value is -2.56. The summed E-state index contributed by atoms with van der Waals surface area (Å²) in [5.41, 5.74) is -1.51. The number of halogens is 2. The molecule has 1 atom stereocenters. The molecule has 94 valence electrons. The maximum absolute atomic E-state index is 13.3. The molecule has 6 nitrogen and oxygen atoms in total. The van der Waals surface area contributed by atoms with Crippen LogP contribution in [0, 0.1) is 39.0 Å². The summed E-state index contributed by atoms with van der Waals surface area (Å²) in [5, 5.41) is 20.9. The molecule has 0 aliphatic rings. The van der Waals surface area contributed by atoms with Crippen molar-refractivity contribution in [3.05, 3.63) is 33.9 Å². The molecule has 0 spiro atoms. The standard InChI is InChI=1S/C10H7F2N3O3/c1-5(4-13)10(16)14-8-3-9(15(17)18)7(12)2-6(8)11/h2-3,5H,1H3,(H,14,16). The van der Waals surface area contributed by atoms with Gasteiger partial charge in [-0.05, 0) is 6.92 Å². The number of nitriles is 1. The maximum atomic E-state index is 13.3. The topological polar surface area (TPSA) is 96.0 Å². The van der Waals surface area contributed by atoms with E-state index in [4.69, 9.17) is 5.26 Å². The third kappa shape index (κ3) is 2.76. The number of carbonyl (C=O) groups excluding carboxylic acids is 1. The highest BCUT2D eigenvalue weighted by Gasteiger charge is 2.21. The molecule has 1 unspecified atom stereocenters. The zero-order chi connectivity index (χ0) is 13.9. The van der Waals surface area contributed by atoms with Gasteiger partial charge in [-0.25, -0.2) is 4.39 Å². The maximum Gasteiger partial charge on any atom is 0.307 e. The third-order valence-electron chi connectivity index (χ3n) is 2.08. The number of hydrogen-bond acceptors (Lipinski definition) is 4. The first kappa shape index (κ1) is 13.5. The minimum Gasteiger partial charge on any atom is -0.322 e. The Morgan fingerprint density at radius 3 is 2.61 bits per heavy atom. The van der Waals surface area contributed by atoms with E-state index in [-0.39, 0.29) is 0 Å². The largest absolute Gasteiger partial charge is 0.322 e. The molecular formula is C10H7F2N3O3. The molecular weight excluding hydrogens is 248 g/mol. The van der Waals surface area contributed by atoms with Crippen molar-refractivity contribution in [1.82, 2.24) is 0 Å². The van der Waals surface area contributed by atoms with Gasteiger partial charge in [-0.2, -0.15) is 9.65 Å². The number of anilines is 1. The van der Waals surface area contributed by atoms with Crippen LogP contribution in [0.1, 0.15) is 6.92 Å². The van der Waals surface area contributed by atoms with Gasteiger partial charge in [0.25, 0.3) is 0 Å². The number of carbonyl (C=O) groups is 1. The molecule has 1 amide bonds. The molecule has 0 radical (unpaired) electrons. The molecule has 8 heteroatoms. The Labute approximate surface area is 100.0 Å². The number of nitro groups is 1. The van der Waals surface area contributed by atoms with Gasteiger partial charge in [0.05, 0.1) is 16.7 Å². The summed E-state index contributed by atoms with van der Waals surface area (Å²) in [6.45, 7) is 1.27. The zero-order valence-electron chi connectivity index (χ0n) is 9.11. The first-order valence-corrected chi connectivity index (χ1v) is 4.70. The van der Waals surface area contributed by atoms with Crippen LogP contribution in [0.25, 0.3) is 0 Å². The summed E-state index contributed by atoms with van der Waals surface area (Å²) in [6, 6.07) is 2.47. The first-order chi connectivity index (χ1) is 8.36. The fraction of sp³-hybridized carbons (Fsp3) is 0.200. The lowest BCUT2D eigenvalue weighted by atomic mass is 10.2. The molecule has 1 aromatic carbocycles. The summed E-state index contributed by atoms with van der Waals surface area (Å²) >= 11 is 0. The minimum atomic E-state index is -1.34. The summed E-state index contributed by atoms with van der Waals surface area (Å²) < 4.78 is 26.3. The Balaban J connectivity index is 3.11. The lowest BCUT2D eigenvalue weighted by Gasteiger charge is -2.07. The second-order valence-electron chi connectivity index (χ2n) is 3.38. The van der Waals surface area contributed by atoms with E-state index in [1.54, 1.807) is 6.07 Å². The normalized spacial score (nSPS) is 11.4. The van der Waals surface area contributed by atoms with E-state index in [9.17, 15) is 23.7 Å². The number of benzene rings is 1. The minimum absolute atomic E-state index is 0.296. The molecule has 0 heterocycles. The van der Waals surface area contributed by atoms with Crippen molar-refractivity contribution in [2.45, 2.75) is 6.92 Å². The fourth-order valence-corrected chi connectivity index (χ4v) is 1.07. The monoisotopic (exact) mass is 255 g/mol. The number of hydrogen-bond donors (Lipinski definition) is 1. The van der Waals surface area contributed by atoms with Crippen LogP contribution in [0.3, 0.4) is 0 Å². The Morgan fingerprint density at radius 2 is 2.11 bits per heavy atom. The second-order valence-corrected chi connectivity index (χ2v) is 3.38. The van der Waals surface area contributed by atoms with E-state index in [0.717, 1.165) is 0 Å². The molecule has 0 aliphatic heterocycles. The van der Waals surface area contributed by atoms with Crippen molar-refractivity contribution in [1.29, 1.82) is 5.26 Å². The van der Waals surface area contributed by atoms with Crippen LogP contribution < -0.4 is 5.32 Å².